The van der Waals surface area contributed by atoms with Crippen LogP contribution in [0.1, 0.15) is 18.5 Å². The van der Waals surface area contributed by atoms with Crippen LogP contribution in [-0.2, 0) is 6.42 Å². The molecule has 1 N–H and O–H groups in total. The van der Waals surface area contributed by atoms with E-state index in [1.165, 1.54) is 0 Å². The predicted octanol–water partition coefficient (Wildman–Crippen LogP) is 1.17. The first kappa shape index (κ1) is 8.51. The van der Waals surface area contributed by atoms with Crippen LogP contribution < -0.4 is 4.90 Å². The Morgan fingerprint density at radius 2 is 2.46 bits per heavy atom. The molecule has 0 aliphatic carbocycles. The van der Waals surface area contributed by atoms with E-state index in [1.807, 2.05) is 30.3 Å². The number of aryl methyl sites for hydroxylation is 1. The van der Waals surface area contributed by atoms with Crippen LogP contribution in [-0.4, -0.2) is 23.4 Å². The van der Waals surface area contributed by atoms with Gasteiger partial charge >= 0.3 is 0 Å². The maximum atomic E-state index is 9.70. The molecule has 0 amide bonds. The monoisotopic (exact) mass is 178 g/mol. The van der Waals surface area contributed by atoms with E-state index in [9.17, 15) is 5.11 Å². The quantitative estimate of drug-likeness (QED) is 0.648. The summed E-state index contributed by atoms with van der Waals surface area (Å²) in [4.78, 5) is 6.21. The van der Waals surface area contributed by atoms with Crippen LogP contribution >= 0.6 is 0 Å². The highest BCUT2D eigenvalue weighted by atomic mass is 16.3. The van der Waals surface area contributed by atoms with E-state index in [2.05, 4.69) is 4.98 Å². The molecule has 2 heterocycles. The largest absolute Gasteiger partial charge is 0.374 e. The molecule has 0 fully saturated rings. The third kappa shape index (κ3) is 1.52. The summed E-state index contributed by atoms with van der Waals surface area (Å²) in [6.45, 7) is 0. The predicted molar refractivity (Wildman–Crippen MR) is 51.6 cm³/mol. The fraction of sp³-hybridized carbons (Fsp3) is 0.500. The molecule has 0 spiro atoms. The second-order valence-electron chi connectivity index (χ2n) is 3.45. The lowest BCUT2D eigenvalue weighted by Crippen LogP contribution is -2.30. The topological polar surface area (TPSA) is 36.4 Å². The molecule has 0 aromatic carbocycles. The molecule has 2 rings (SSSR count). The van der Waals surface area contributed by atoms with Crippen molar-refractivity contribution in [2.24, 2.45) is 0 Å². The van der Waals surface area contributed by atoms with Gasteiger partial charge in [0.15, 0.2) is 0 Å². The Bertz CT molecular complexity index is 301. The van der Waals surface area contributed by atoms with Gasteiger partial charge in [0.1, 0.15) is 6.23 Å². The van der Waals surface area contributed by atoms with Crippen molar-refractivity contribution in [1.29, 1.82) is 0 Å². The van der Waals surface area contributed by atoms with E-state index < -0.39 is 0 Å². The third-order valence-electron chi connectivity index (χ3n) is 2.57. The highest BCUT2D eigenvalue weighted by Gasteiger charge is 2.18. The number of fused-ring (bicyclic) bond motifs is 1. The number of rotatable bonds is 0. The Kier molecular flexibility index (Phi) is 2.19. The zero-order chi connectivity index (χ0) is 9.26. The molecule has 0 radical (unpaired) electrons. The van der Waals surface area contributed by atoms with Gasteiger partial charge in [-0.1, -0.05) is 0 Å². The number of nitrogens with zero attached hydrogens (tertiary/aromatic N) is 2. The molecule has 1 aromatic heterocycles. The highest BCUT2D eigenvalue weighted by Crippen LogP contribution is 2.25. The average Bonchev–Trinajstić information content (AvgIpc) is 2.29. The van der Waals surface area contributed by atoms with E-state index >= 15 is 0 Å². The minimum absolute atomic E-state index is 0.356. The molecule has 0 saturated carbocycles. The normalized spacial score (nSPS) is 22.3. The number of aromatic nitrogens is 1. The molecule has 1 unspecified atom stereocenters. The van der Waals surface area contributed by atoms with E-state index in [0.29, 0.717) is 0 Å². The fourth-order valence-electron chi connectivity index (χ4n) is 1.75. The summed E-state index contributed by atoms with van der Waals surface area (Å²) in [7, 11) is 1.91. The summed E-state index contributed by atoms with van der Waals surface area (Å²) < 4.78 is 0. The summed E-state index contributed by atoms with van der Waals surface area (Å²) in [5, 5.41) is 9.70. The maximum Gasteiger partial charge on any atom is 0.126 e. The van der Waals surface area contributed by atoms with Gasteiger partial charge in [-0.15, -0.1) is 0 Å². The van der Waals surface area contributed by atoms with Crippen LogP contribution in [0.5, 0.6) is 0 Å². The van der Waals surface area contributed by atoms with Gasteiger partial charge in [-0.3, -0.25) is 4.98 Å². The molecule has 1 aliphatic heterocycles. The first-order chi connectivity index (χ1) is 6.29. The van der Waals surface area contributed by atoms with Crippen molar-refractivity contribution in [1.82, 2.24) is 4.98 Å². The van der Waals surface area contributed by atoms with Crippen molar-refractivity contribution in [2.75, 3.05) is 11.9 Å². The fourth-order valence-corrected chi connectivity index (χ4v) is 1.75. The second-order valence-corrected chi connectivity index (χ2v) is 3.45. The lowest BCUT2D eigenvalue weighted by Gasteiger charge is -2.23. The maximum absolute atomic E-state index is 9.70. The summed E-state index contributed by atoms with van der Waals surface area (Å²) in [5.74, 6) is 0. The Balaban J connectivity index is 2.40. The Morgan fingerprint density at radius 3 is 3.31 bits per heavy atom. The second kappa shape index (κ2) is 3.34. The van der Waals surface area contributed by atoms with Crippen molar-refractivity contribution < 1.29 is 5.11 Å². The van der Waals surface area contributed by atoms with Crippen molar-refractivity contribution in [3.05, 3.63) is 24.0 Å². The molecule has 1 atom stereocenters. The van der Waals surface area contributed by atoms with Gasteiger partial charge in [-0.05, 0) is 31.4 Å². The lowest BCUT2D eigenvalue weighted by molar-refractivity contribution is 0.165. The number of aliphatic hydroxyl groups is 1. The van der Waals surface area contributed by atoms with E-state index in [-0.39, 0.29) is 6.23 Å². The van der Waals surface area contributed by atoms with Gasteiger partial charge in [-0.25, -0.2) is 0 Å². The van der Waals surface area contributed by atoms with Crippen LogP contribution in [0.2, 0.25) is 0 Å². The summed E-state index contributed by atoms with van der Waals surface area (Å²) in [5.41, 5.74) is 2.16. The van der Waals surface area contributed by atoms with Gasteiger partial charge in [0, 0.05) is 13.2 Å². The first-order valence-corrected chi connectivity index (χ1v) is 4.64. The average molecular weight is 178 g/mol. The standard InChI is InChI=1S/C10H14N2O/c1-12-9-5-3-7-11-8(9)4-2-6-10(12)13/h3,5,7,10,13H,2,4,6H2,1H3. The van der Waals surface area contributed by atoms with Crippen LogP contribution in [0.25, 0.3) is 0 Å². The molecule has 1 aromatic rings. The molecule has 13 heavy (non-hydrogen) atoms. The van der Waals surface area contributed by atoms with Crippen molar-refractivity contribution in [3.63, 3.8) is 0 Å². The minimum atomic E-state index is -0.356. The van der Waals surface area contributed by atoms with Gasteiger partial charge in [0.25, 0.3) is 0 Å². The van der Waals surface area contributed by atoms with Crippen molar-refractivity contribution >= 4 is 5.69 Å². The molecule has 0 bridgehead atoms. The summed E-state index contributed by atoms with van der Waals surface area (Å²) in [6, 6.07) is 3.92. The molecular formula is C10H14N2O. The molecule has 3 heteroatoms. The number of aliphatic hydroxyl groups excluding tert-OH is 1. The zero-order valence-corrected chi connectivity index (χ0v) is 7.77. The van der Waals surface area contributed by atoms with Crippen LogP contribution in [0, 0.1) is 0 Å². The number of hydrogen-bond acceptors (Lipinski definition) is 3. The van der Waals surface area contributed by atoms with Crippen LogP contribution in [0.3, 0.4) is 0 Å². The first-order valence-electron chi connectivity index (χ1n) is 4.64. The van der Waals surface area contributed by atoms with E-state index in [4.69, 9.17) is 0 Å². The van der Waals surface area contributed by atoms with E-state index in [1.54, 1.807) is 0 Å². The highest BCUT2D eigenvalue weighted by molar-refractivity contribution is 5.50. The SMILES string of the molecule is CN1c2cccnc2CCCC1O. The molecular weight excluding hydrogens is 164 g/mol. The Hall–Kier alpha value is -1.09. The zero-order valence-electron chi connectivity index (χ0n) is 7.77. The molecule has 3 nitrogen and oxygen atoms in total. The van der Waals surface area contributed by atoms with Crippen molar-refractivity contribution in [3.8, 4) is 0 Å². The van der Waals surface area contributed by atoms with Crippen molar-refractivity contribution in [2.45, 2.75) is 25.5 Å². The van der Waals surface area contributed by atoms with Gasteiger partial charge < -0.3 is 10.0 Å². The van der Waals surface area contributed by atoms with Gasteiger partial charge in [0.05, 0.1) is 11.4 Å². The minimum Gasteiger partial charge on any atom is -0.374 e. The summed E-state index contributed by atoms with van der Waals surface area (Å²) in [6.07, 6.45) is 4.26. The third-order valence-corrected chi connectivity index (χ3v) is 2.57. The molecule has 0 saturated heterocycles. The van der Waals surface area contributed by atoms with Gasteiger partial charge in [-0.2, -0.15) is 0 Å². The Labute approximate surface area is 78.0 Å². The van der Waals surface area contributed by atoms with Gasteiger partial charge in [0.2, 0.25) is 0 Å². The number of hydrogen-bond donors (Lipinski definition) is 1. The Morgan fingerprint density at radius 1 is 1.62 bits per heavy atom. The van der Waals surface area contributed by atoms with E-state index in [0.717, 1.165) is 30.6 Å². The molecule has 1 aliphatic rings. The number of pyridine rings is 1. The van der Waals surface area contributed by atoms with Crippen LogP contribution in [0.4, 0.5) is 5.69 Å². The lowest BCUT2D eigenvalue weighted by atomic mass is 10.2. The summed E-state index contributed by atoms with van der Waals surface area (Å²) >= 11 is 0. The molecule has 70 valence electrons. The smallest absolute Gasteiger partial charge is 0.126 e. The van der Waals surface area contributed by atoms with Crippen LogP contribution in [0.15, 0.2) is 18.3 Å². The number of anilines is 1.